The molecule has 0 fully saturated rings. The van der Waals surface area contributed by atoms with Gasteiger partial charge in [0.05, 0.1) is 0 Å². The van der Waals surface area contributed by atoms with Crippen molar-refractivity contribution in [3.63, 3.8) is 0 Å². The van der Waals surface area contributed by atoms with Crippen molar-refractivity contribution >= 4 is 11.8 Å². The molecule has 0 spiro atoms. The van der Waals surface area contributed by atoms with E-state index in [1.54, 1.807) is 11.8 Å². The number of rotatable bonds is 4. The Bertz CT molecular complexity index is 626. The maximum atomic E-state index is 8.71. The minimum Gasteiger partial charge on any atom is -0.488 e. The number of aliphatic hydroxyl groups excluding tert-OH is 1. The Morgan fingerprint density at radius 3 is 2.80 bits per heavy atom. The van der Waals surface area contributed by atoms with Crippen LogP contribution in [0, 0.1) is 11.8 Å². The summed E-state index contributed by atoms with van der Waals surface area (Å²) in [5.74, 6) is 6.44. The first-order valence-corrected chi connectivity index (χ1v) is 7.50. The van der Waals surface area contributed by atoms with Crippen molar-refractivity contribution in [1.29, 1.82) is 0 Å². The molecule has 0 radical (unpaired) electrons. The van der Waals surface area contributed by atoms with Gasteiger partial charge in [-0.25, -0.2) is 0 Å². The third-order valence-electron chi connectivity index (χ3n) is 2.70. The van der Waals surface area contributed by atoms with E-state index in [1.807, 2.05) is 54.8 Å². The van der Waals surface area contributed by atoms with Gasteiger partial charge in [-0.15, -0.1) is 11.8 Å². The van der Waals surface area contributed by atoms with Crippen LogP contribution in [0.2, 0.25) is 0 Å². The lowest BCUT2D eigenvalue weighted by Crippen LogP contribution is -1.96. The molecular formula is C17H16O2S. The van der Waals surface area contributed by atoms with Crippen LogP contribution in [0.3, 0.4) is 0 Å². The van der Waals surface area contributed by atoms with E-state index in [1.165, 1.54) is 0 Å². The van der Waals surface area contributed by atoms with E-state index in [-0.39, 0.29) is 6.61 Å². The number of benzene rings is 2. The predicted octanol–water partition coefficient (Wildman–Crippen LogP) is 3.33. The van der Waals surface area contributed by atoms with Gasteiger partial charge in [0.2, 0.25) is 0 Å². The number of ether oxygens (including phenoxy) is 1. The van der Waals surface area contributed by atoms with Crippen LogP contribution in [0.1, 0.15) is 11.1 Å². The zero-order valence-electron chi connectivity index (χ0n) is 11.3. The van der Waals surface area contributed by atoms with Crippen molar-refractivity contribution < 1.29 is 9.84 Å². The van der Waals surface area contributed by atoms with Crippen molar-refractivity contribution in [3.05, 3.63) is 59.7 Å². The van der Waals surface area contributed by atoms with Gasteiger partial charge < -0.3 is 9.84 Å². The van der Waals surface area contributed by atoms with Crippen LogP contribution >= 0.6 is 11.8 Å². The van der Waals surface area contributed by atoms with Gasteiger partial charge in [-0.05, 0) is 36.1 Å². The molecule has 2 aromatic carbocycles. The maximum Gasteiger partial charge on any atom is 0.133 e. The highest BCUT2D eigenvalue weighted by atomic mass is 32.2. The summed E-state index contributed by atoms with van der Waals surface area (Å²) in [6.45, 7) is 0.383. The molecule has 2 aromatic rings. The van der Waals surface area contributed by atoms with Crippen molar-refractivity contribution in [1.82, 2.24) is 0 Å². The normalized spacial score (nSPS) is 9.70. The zero-order chi connectivity index (χ0) is 14.2. The highest BCUT2D eigenvalue weighted by Gasteiger charge is 2.02. The van der Waals surface area contributed by atoms with Crippen LogP contribution in [-0.4, -0.2) is 18.0 Å². The molecule has 2 rings (SSSR count). The molecule has 0 atom stereocenters. The number of hydrogen-bond acceptors (Lipinski definition) is 3. The first-order valence-electron chi connectivity index (χ1n) is 6.28. The number of para-hydroxylation sites is 1. The summed E-state index contributed by atoms with van der Waals surface area (Å²) < 4.78 is 5.86. The van der Waals surface area contributed by atoms with Gasteiger partial charge in [-0.2, -0.15) is 0 Å². The lowest BCUT2D eigenvalue weighted by molar-refractivity contribution is 0.299. The Kier molecular flexibility index (Phi) is 5.55. The topological polar surface area (TPSA) is 29.5 Å². The zero-order valence-corrected chi connectivity index (χ0v) is 12.1. The first-order chi connectivity index (χ1) is 9.83. The molecule has 3 heteroatoms. The summed E-state index contributed by atoms with van der Waals surface area (Å²) in [5.41, 5.74) is 1.95. The minimum absolute atomic E-state index is 0.123. The van der Waals surface area contributed by atoms with E-state index in [4.69, 9.17) is 9.84 Å². The predicted molar refractivity (Wildman–Crippen MR) is 83.0 cm³/mol. The average Bonchev–Trinajstić information content (AvgIpc) is 2.51. The van der Waals surface area contributed by atoms with Crippen molar-refractivity contribution in [3.8, 4) is 17.6 Å². The van der Waals surface area contributed by atoms with Crippen molar-refractivity contribution in [2.75, 3.05) is 12.9 Å². The van der Waals surface area contributed by atoms with E-state index in [9.17, 15) is 0 Å². The van der Waals surface area contributed by atoms with Crippen LogP contribution in [0.5, 0.6) is 5.75 Å². The fraction of sp³-hybridized carbons (Fsp3) is 0.176. The van der Waals surface area contributed by atoms with E-state index in [2.05, 4.69) is 11.8 Å². The van der Waals surface area contributed by atoms with Gasteiger partial charge in [0.15, 0.2) is 0 Å². The summed E-state index contributed by atoms with van der Waals surface area (Å²) >= 11 is 1.67. The van der Waals surface area contributed by atoms with E-state index >= 15 is 0 Å². The van der Waals surface area contributed by atoms with Gasteiger partial charge in [-0.3, -0.25) is 0 Å². The number of aliphatic hydroxyl groups is 1. The second-order valence-corrected chi connectivity index (χ2v) is 4.95. The molecule has 0 aliphatic carbocycles. The molecule has 0 unspecified atom stereocenters. The van der Waals surface area contributed by atoms with Gasteiger partial charge >= 0.3 is 0 Å². The molecule has 20 heavy (non-hydrogen) atoms. The fourth-order valence-corrected chi connectivity index (χ4v) is 2.32. The van der Waals surface area contributed by atoms with Gasteiger partial charge in [-0.1, -0.05) is 36.1 Å². The van der Waals surface area contributed by atoms with Crippen molar-refractivity contribution in [2.24, 2.45) is 0 Å². The molecule has 0 aliphatic rings. The van der Waals surface area contributed by atoms with Crippen LogP contribution in [-0.2, 0) is 6.61 Å². The second-order valence-electron chi connectivity index (χ2n) is 4.10. The Labute approximate surface area is 123 Å². The molecule has 102 valence electrons. The molecule has 0 heterocycles. The molecule has 0 bridgehead atoms. The first kappa shape index (κ1) is 14.5. The highest BCUT2D eigenvalue weighted by molar-refractivity contribution is 7.98. The van der Waals surface area contributed by atoms with Gasteiger partial charge in [0.1, 0.15) is 19.0 Å². The highest BCUT2D eigenvalue weighted by Crippen LogP contribution is 2.27. The van der Waals surface area contributed by atoms with Crippen LogP contribution < -0.4 is 4.74 Å². The third-order valence-corrected chi connectivity index (χ3v) is 3.48. The third kappa shape index (κ3) is 4.06. The summed E-state index contributed by atoms with van der Waals surface area (Å²) in [4.78, 5) is 1.13. The maximum absolute atomic E-state index is 8.71. The average molecular weight is 284 g/mol. The van der Waals surface area contributed by atoms with Crippen molar-refractivity contribution in [2.45, 2.75) is 11.5 Å². The Hall–Kier alpha value is -1.89. The summed E-state index contributed by atoms with van der Waals surface area (Å²) in [6.07, 6.45) is 2.04. The molecule has 0 saturated carbocycles. The minimum atomic E-state index is -0.123. The van der Waals surface area contributed by atoms with E-state index in [0.29, 0.717) is 6.61 Å². The Balaban J connectivity index is 2.07. The molecule has 0 amide bonds. The molecule has 2 nitrogen and oxygen atoms in total. The lowest BCUT2D eigenvalue weighted by Gasteiger charge is -2.10. The van der Waals surface area contributed by atoms with Gasteiger partial charge in [0.25, 0.3) is 0 Å². The molecule has 1 N–H and O–H groups in total. The van der Waals surface area contributed by atoms with Gasteiger partial charge in [0, 0.05) is 10.5 Å². The fourth-order valence-electron chi connectivity index (χ4n) is 1.78. The van der Waals surface area contributed by atoms with Crippen LogP contribution in [0.25, 0.3) is 0 Å². The molecule has 0 aromatic heterocycles. The molecule has 0 aliphatic heterocycles. The smallest absolute Gasteiger partial charge is 0.133 e. The van der Waals surface area contributed by atoms with E-state index < -0.39 is 0 Å². The standard InChI is InChI=1S/C17H16O2S/c1-20-17-10-3-2-9-16(17)19-13-15-7-4-6-14(12-15)8-5-11-18/h2-4,6-7,9-10,12,18H,11,13H2,1H3. The largest absolute Gasteiger partial charge is 0.488 e. The van der Waals surface area contributed by atoms with Crippen LogP contribution in [0.15, 0.2) is 53.4 Å². The van der Waals surface area contributed by atoms with E-state index in [0.717, 1.165) is 21.8 Å². The summed E-state index contributed by atoms with van der Waals surface area (Å²) in [7, 11) is 0. The lowest BCUT2D eigenvalue weighted by atomic mass is 10.1. The number of thioether (sulfide) groups is 1. The van der Waals surface area contributed by atoms with Crippen LogP contribution in [0.4, 0.5) is 0 Å². The Morgan fingerprint density at radius 1 is 1.15 bits per heavy atom. The Morgan fingerprint density at radius 2 is 2.00 bits per heavy atom. The summed E-state index contributed by atoms with van der Waals surface area (Å²) in [6, 6.07) is 15.8. The molecular weight excluding hydrogens is 268 g/mol. The summed E-state index contributed by atoms with van der Waals surface area (Å²) in [5, 5.41) is 8.71. The molecule has 0 saturated heterocycles. The SMILES string of the molecule is CSc1ccccc1OCc1cccc(C#CCO)c1. The second kappa shape index (κ2) is 7.64. The number of hydrogen-bond donors (Lipinski definition) is 1. The monoisotopic (exact) mass is 284 g/mol. The quantitative estimate of drug-likeness (QED) is 0.690.